The Morgan fingerprint density at radius 1 is 1.23 bits per heavy atom. The average Bonchev–Trinajstić information content (AvgIpc) is 3.23. The summed E-state index contributed by atoms with van der Waals surface area (Å²) >= 11 is 0. The van der Waals surface area contributed by atoms with Gasteiger partial charge in [0, 0.05) is 17.8 Å². The van der Waals surface area contributed by atoms with Crippen LogP contribution in [-0.4, -0.2) is 43.5 Å². The second kappa shape index (κ2) is 7.87. The highest BCUT2D eigenvalue weighted by molar-refractivity contribution is 7.93. The first kappa shape index (κ1) is 21.7. The molecule has 1 unspecified atom stereocenters. The summed E-state index contributed by atoms with van der Waals surface area (Å²) in [6, 6.07) is 7.32. The molecule has 0 radical (unpaired) electrons. The van der Waals surface area contributed by atoms with E-state index in [1.807, 2.05) is 0 Å². The molecule has 1 aliphatic heterocycles. The zero-order valence-corrected chi connectivity index (χ0v) is 18.4. The monoisotopic (exact) mass is 447 g/mol. The van der Waals surface area contributed by atoms with Gasteiger partial charge in [0.15, 0.2) is 9.84 Å². The number of hydrogen-bond donors (Lipinski definition) is 2. The Labute approximate surface area is 181 Å². The fourth-order valence-electron chi connectivity index (χ4n) is 4.59. The lowest BCUT2D eigenvalue weighted by Crippen LogP contribution is -2.62. The summed E-state index contributed by atoms with van der Waals surface area (Å²) in [4.78, 5) is 16.6. The summed E-state index contributed by atoms with van der Waals surface area (Å²) in [5.41, 5.74) is -0.333. The number of anilines is 1. The molecule has 1 spiro atoms. The van der Waals surface area contributed by atoms with Gasteiger partial charge in [0.1, 0.15) is 17.3 Å². The third-order valence-corrected chi connectivity index (χ3v) is 9.31. The van der Waals surface area contributed by atoms with Crippen LogP contribution in [-0.2, 0) is 15.4 Å². The van der Waals surface area contributed by atoms with Crippen LogP contribution in [0.25, 0.3) is 0 Å². The molecule has 1 atom stereocenters. The van der Waals surface area contributed by atoms with Crippen molar-refractivity contribution >= 4 is 21.4 Å². The highest BCUT2D eigenvalue weighted by atomic mass is 32.2. The first-order valence-electron chi connectivity index (χ1n) is 10.3. The highest BCUT2D eigenvalue weighted by Crippen LogP contribution is 2.43. The number of pyridine rings is 1. The molecule has 2 N–H and O–H groups in total. The van der Waals surface area contributed by atoms with Gasteiger partial charge >= 0.3 is 0 Å². The standard InChI is InChI=1S/C22H26FN3O4S/c1-21(14-31(28,29)22(13-25-21)9-3-4-10-22)17-11-15(5-7-18(17)23)26-20(27)19-8-6-16(30-2)12-24-19/h5-8,11-12,25H,3-4,9-10,13-14H2,1-2H3,(H,26,27). The fraction of sp³-hybridized carbons (Fsp3) is 0.455. The highest BCUT2D eigenvalue weighted by Gasteiger charge is 2.53. The Morgan fingerprint density at radius 3 is 2.58 bits per heavy atom. The van der Waals surface area contributed by atoms with E-state index in [-0.39, 0.29) is 17.0 Å². The molecule has 1 aliphatic carbocycles. The number of ether oxygens (including phenoxy) is 1. The van der Waals surface area contributed by atoms with Gasteiger partial charge < -0.3 is 15.4 Å². The topological polar surface area (TPSA) is 97.4 Å². The Morgan fingerprint density at radius 2 is 1.97 bits per heavy atom. The van der Waals surface area contributed by atoms with Gasteiger partial charge in [-0.25, -0.2) is 17.8 Å². The number of hydrogen-bond acceptors (Lipinski definition) is 6. The molecule has 2 aliphatic rings. The Balaban J connectivity index is 1.58. The van der Waals surface area contributed by atoms with Crippen molar-refractivity contribution in [2.45, 2.75) is 42.9 Å². The van der Waals surface area contributed by atoms with Gasteiger partial charge in [-0.05, 0) is 50.1 Å². The van der Waals surface area contributed by atoms with E-state index in [9.17, 15) is 17.6 Å². The number of nitrogens with one attached hydrogen (secondary N) is 2. The van der Waals surface area contributed by atoms with E-state index in [4.69, 9.17) is 4.74 Å². The van der Waals surface area contributed by atoms with Crippen molar-refractivity contribution in [2.24, 2.45) is 0 Å². The number of methoxy groups -OCH3 is 1. The van der Waals surface area contributed by atoms with Gasteiger partial charge in [-0.15, -0.1) is 0 Å². The molecule has 1 aromatic carbocycles. The van der Waals surface area contributed by atoms with Gasteiger partial charge in [-0.1, -0.05) is 12.8 Å². The number of sulfone groups is 1. The molecule has 2 aromatic rings. The molecular formula is C22H26FN3O4S. The predicted molar refractivity (Wildman–Crippen MR) is 115 cm³/mol. The molecule has 1 amide bonds. The van der Waals surface area contributed by atoms with E-state index in [2.05, 4.69) is 15.6 Å². The van der Waals surface area contributed by atoms with Gasteiger partial charge in [0.25, 0.3) is 5.91 Å². The predicted octanol–water partition coefficient (Wildman–Crippen LogP) is 3.03. The van der Waals surface area contributed by atoms with Gasteiger partial charge in [-0.2, -0.15) is 0 Å². The van der Waals surface area contributed by atoms with E-state index in [1.54, 1.807) is 13.0 Å². The maximum Gasteiger partial charge on any atom is 0.274 e. The van der Waals surface area contributed by atoms with Crippen LogP contribution in [0.4, 0.5) is 10.1 Å². The molecule has 1 saturated heterocycles. The Hall–Kier alpha value is -2.52. The van der Waals surface area contributed by atoms with Gasteiger partial charge in [0.2, 0.25) is 0 Å². The van der Waals surface area contributed by atoms with Crippen LogP contribution in [0.2, 0.25) is 0 Å². The lowest BCUT2D eigenvalue weighted by molar-refractivity contribution is 0.102. The maximum atomic E-state index is 14.8. The average molecular weight is 448 g/mol. The SMILES string of the molecule is COc1ccc(C(=O)Nc2ccc(F)c(C3(C)CS(=O)(=O)C4(CCCC4)CN3)c2)nc1. The van der Waals surface area contributed by atoms with Crippen molar-refractivity contribution in [3.63, 3.8) is 0 Å². The van der Waals surface area contributed by atoms with E-state index >= 15 is 0 Å². The summed E-state index contributed by atoms with van der Waals surface area (Å²) in [7, 11) is -1.91. The number of aromatic nitrogens is 1. The summed E-state index contributed by atoms with van der Waals surface area (Å²) < 4.78 is 45.4. The maximum absolute atomic E-state index is 14.8. The van der Waals surface area contributed by atoms with Crippen molar-refractivity contribution in [3.8, 4) is 5.75 Å². The van der Waals surface area contributed by atoms with Crippen molar-refractivity contribution in [1.82, 2.24) is 10.3 Å². The molecule has 7 nitrogen and oxygen atoms in total. The number of carbonyl (C=O) groups excluding carboxylic acids is 1. The minimum Gasteiger partial charge on any atom is -0.495 e. The van der Waals surface area contributed by atoms with Gasteiger partial charge in [-0.3, -0.25) is 4.79 Å². The van der Waals surface area contributed by atoms with E-state index in [0.29, 0.717) is 30.8 Å². The summed E-state index contributed by atoms with van der Waals surface area (Å²) in [5, 5.41) is 6.01. The third kappa shape index (κ3) is 3.92. The third-order valence-electron chi connectivity index (χ3n) is 6.48. The van der Waals surface area contributed by atoms with Crippen molar-refractivity contribution in [3.05, 3.63) is 53.6 Å². The van der Waals surface area contributed by atoms with Crippen LogP contribution < -0.4 is 15.4 Å². The number of amides is 1. The van der Waals surface area contributed by atoms with Crippen LogP contribution >= 0.6 is 0 Å². The molecule has 31 heavy (non-hydrogen) atoms. The zero-order chi connectivity index (χ0) is 22.3. The smallest absolute Gasteiger partial charge is 0.274 e. The minimum atomic E-state index is -3.42. The van der Waals surface area contributed by atoms with Crippen LogP contribution in [0.15, 0.2) is 36.5 Å². The van der Waals surface area contributed by atoms with Crippen LogP contribution in [0.3, 0.4) is 0 Å². The lowest BCUT2D eigenvalue weighted by atomic mass is 9.91. The normalized spacial score (nSPS) is 24.1. The summed E-state index contributed by atoms with van der Waals surface area (Å²) in [6.45, 7) is 2.00. The molecule has 0 bridgehead atoms. The number of benzene rings is 1. The summed E-state index contributed by atoms with van der Waals surface area (Å²) in [6.07, 6.45) is 4.51. The minimum absolute atomic E-state index is 0.180. The molecule has 2 fully saturated rings. The van der Waals surface area contributed by atoms with Gasteiger partial charge in [0.05, 0.1) is 29.3 Å². The van der Waals surface area contributed by atoms with Crippen molar-refractivity contribution in [1.29, 1.82) is 0 Å². The molecule has 9 heteroatoms. The van der Waals surface area contributed by atoms with Crippen LogP contribution in [0, 0.1) is 5.82 Å². The first-order chi connectivity index (χ1) is 14.7. The Bertz CT molecular complexity index is 1100. The van der Waals surface area contributed by atoms with Crippen molar-refractivity contribution in [2.75, 3.05) is 24.7 Å². The fourth-order valence-corrected chi connectivity index (χ4v) is 7.11. The van der Waals surface area contributed by atoms with E-state index < -0.39 is 31.8 Å². The largest absolute Gasteiger partial charge is 0.495 e. The molecule has 1 saturated carbocycles. The quantitative estimate of drug-likeness (QED) is 0.748. The number of nitrogens with zero attached hydrogens (tertiary/aromatic N) is 1. The molecule has 166 valence electrons. The molecule has 4 rings (SSSR count). The first-order valence-corrected chi connectivity index (χ1v) is 11.9. The number of rotatable bonds is 4. The van der Waals surface area contributed by atoms with E-state index in [1.165, 1.54) is 37.6 Å². The zero-order valence-electron chi connectivity index (χ0n) is 17.6. The van der Waals surface area contributed by atoms with Crippen molar-refractivity contribution < 1.29 is 22.3 Å². The molecule has 1 aromatic heterocycles. The molecule has 2 heterocycles. The second-order valence-electron chi connectivity index (χ2n) is 8.57. The lowest BCUT2D eigenvalue weighted by Gasteiger charge is -2.44. The Kier molecular flexibility index (Phi) is 5.51. The van der Waals surface area contributed by atoms with Crippen LogP contribution in [0.1, 0.15) is 48.7 Å². The number of halogens is 1. The van der Waals surface area contributed by atoms with Crippen LogP contribution in [0.5, 0.6) is 5.75 Å². The number of carbonyl (C=O) groups is 1. The second-order valence-corrected chi connectivity index (χ2v) is 11.0. The van der Waals surface area contributed by atoms with E-state index in [0.717, 1.165) is 12.8 Å². The molecular weight excluding hydrogens is 421 g/mol. The summed E-state index contributed by atoms with van der Waals surface area (Å²) in [5.74, 6) is -0.639.